The molecule has 1 N–H and O–H groups in total. The normalized spacial score (nSPS) is 32.7. The highest BCUT2D eigenvalue weighted by Gasteiger charge is 2.78. The van der Waals surface area contributed by atoms with Gasteiger partial charge in [0.15, 0.2) is 0 Å². The minimum Gasteiger partial charge on any atom is -0.394 e. The molecule has 7 atom stereocenters. The Morgan fingerprint density at radius 1 is 1.22 bits per heavy atom. The Hall–Kier alpha value is -1.80. The molecule has 3 rings (SSSR count). The summed E-state index contributed by atoms with van der Waals surface area (Å²) in [7, 11) is 1.75. The van der Waals surface area contributed by atoms with Crippen LogP contribution in [0.2, 0.25) is 0 Å². The minimum absolute atomic E-state index is 0.00217. The molecule has 0 aromatic carbocycles. The zero-order valence-electron chi connectivity index (χ0n) is 23.1. The number of hydrogen-bond donors (Lipinski definition) is 1. The first-order valence-electron chi connectivity index (χ1n) is 13.2. The zero-order chi connectivity index (χ0) is 27.2. The summed E-state index contributed by atoms with van der Waals surface area (Å²) in [6, 6.07) is -1.23. The van der Waals surface area contributed by atoms with Crippen LogP contribution in [-0.4, -0.2) is 91.4 Å². The monoisotopic (exact) mass is 519 g/mol. The van der Waals surface area contributed by atoms with Gasteiger partial charge in [0.05, 0.1) is 29.2 Å². The number of likely N-dealkylation sites (tertiary alicyclic amines) is 1. The van der Waals surface area contributed by atoms with Crippen LogP contribution in [-0.2, 0) is 14.4 Å². The Balaban J connectivity index is 2.20. The summed E-state index contributed by atoms with van der Waals surface area (Å²) >= 11 is 1.67. The minimum atomic E-state index is -0.741. The van der Waals surface area contributed by atoms with Crippen molar-refractivity contribution in [1.82, 2.24) is 14.7 Å². The van der Waals surface area contributed by atoms with E-state index in [2.05, 4.69) is 20.1 Å². The fraction of sp³-hybridized carbons (Fsp3) is 0.750. The SMILES string of the molecule is C=CCN(C)C(=O)[C@H]1[C@H]2C(=O)N([C@@H](CO)[C@@H](C)CC)C(C(=O)N(CC=C)C(C)(C)C)C23CC[C@]1(C)S3. The lowest BCUT2D eigenvalue weighted by Crippen LogP contribution is -2.61. The molecule has 1 spiro atoms. The fourth-order valence-corrected chi connectivity index (χ4v) is 9.01. The maximum atomic E-state index is 14.5. The van der Waals surface area contributed by atoms with E-state index in [1.54, 1.807) is 45.7 Å². The Labute approximate surface area is 221 Å². The molecule has 0 radical (unpaired) electrons. The largest absolute Gasteiger partial charge is 0.394 e. The van der Waals surface area contributed by atoms with Gasteiger partial charge in [-0.2, -0.15) is 0 Å². The molecule has 3 aliphatic heterocycles. The van der Waals surface area contributed by atoms with Gasteiger partial charge in [0.25, 0.3) is 0 Å². The number of aliphatic hydroxyl groups is 1. The summed E-state index contributed by atoms with van der Waals surface area (Å²) < 4.78 is -1.13. The third-order valence-electron chi connectivity index (χ3n) is 8.73. The summed E-state index contributed by atoms with van der Waals surface area (Å²) in [5.74, 6) is -1.47. The number of thioether (sulfide) groups is 1. The predicted molar refractivity (Wildman–Crippen MR) is 145 cm³/mol. The predicted octanol–water partition coefficient (Wildman–Crippen LogP) is 3.33. The number of nitrogens with zero attached hydrogens (tertiary/aromatic N) is 3. The average molecular weight is 520 g/mol. The number of hydrogen-bond acceptors (Lipinski definition) is 5. The number of amides is 3. The van der Waals surface area contributed by atoms with Gasteiger partial charge in [0, 0.05) is 30.4 Å². The molecule has 3 amide bonds. The van der Waals surface area contributed by atoms with Crippen molar-refractivity contribution in [1.29, 1.82) is 0 Å². The summed E-state index contributed by atoms with van der Waals surface area (Å²) in [6.45, 7) is 20.3. The van der Waals surface area contributed by atoms with E-state index in [1.807, 2.05) is 34.6 Å². The van der Waals surface area contributed by atoms with E-state index in [0.717, 1.165) is 12.8 Å². The van der Waals surface area contributed by atoms with Crippen LogP contribution in [0.15, 0.2) is 25.3 Å². The van der Waals surface area contributed by atoms with E-state index in [1.165, 1.54) is 0 Å². The maximum absolute atomic E-state index is 14.5. The number of rotatable bonds is 10. The van der Waals surface area contributed by atoms with E-state index in [4.69, 9.17) is 0 Å². The highest BCUT2D eigenvalue weighted by Crippen LogP contribution is 2.72. The molecular formula is C28H45N3O4S. The lowest BCUT2D eigenvalue weighted by atomic mass is 9.66. The smallest absolute Gasteiger partial charge is 0.247 e. The molecule has 0 aromatic heterocycles. The van der Waals surface area contributed by atoms with Gasteiger partial charge in [-0.3, -0.25) is 14.4 Å². The quantitative estimate of drug-likeness (QED) is 0.448. The second kappa shape index (κ2) is 10.2. The van der Waals surface area contributed by atoms with Crippen LogP contribution < -0.4 is 0 Å². The lowest BCUT2D eigenvalue weighted by Gasteiger charge is -2.44. The summed E-state index contributed by atoms with van der Waals surface area (Å²) in [4.78, 5) is 47.8. The number of likely N-dealkylation sites (N-methyl/N-ethyl adjacent to an activating group) is 1. The Morgan fingerprint density at radius 3 is 2.33 bits per heavy atom. The first-order chi connectivity index (χ1) is 16.8. The van der Waals surface area contributed by atoms with Crippen LogP contribution in [0.4, 0.5) is 0 Å². The topological polar surface area (TPSA) is 81.2 Å². The van der Waals surface area contributed by atoms with Gasteiger partial charge in [0.1, 0.15) is 6.04 Å². The van der Waals surface area contributed by atoms with E-state index >= 15 is 0 Å². The third kappa shape index (κ3) is 4.32. The Morgan fingerprint density at radius 2 is 1.83 bits per heavy atom. The molecule has 7 nitrogen and oxygen atoms in total. The molecule has 202 valence electrons. The molecule has 3 saturated heterocycles. The number of fused-ring (bicyclic) bond motifs is 1. The van der Waals surface area contributed by atoms with Gasteiger partial charge in [-0.15, -0.1) is 24.9 Å². The van der Waals surface area contributed by atoms with Crippen LogP contribution >= 0.6 is 11.8 Å². The fourth-order valence-electron chi connectivity index (χ4n) is 6.68. The Bertz CT molecular complexity index is 917. The van der Waals surface area contributed by atoms with E-state index < -0.39 is 39.0 Å². The third-order valence-corrected chi connectivity index (χ3v) is 10.7. The maximum Gasteiger partial charge on any atom is 0.247 e. The molecule has 2 bridgehead atoms. The van der Waals surface area contributed by atoms with Crippen molar-refractivity contribution < 1.29 is 19.5 Å². The molecule has 3 aliphatic rings. The standard InChI is InChI=1S/C28H45N3O4S/c1-10-15-29(9)23(33)20-21-24(34)31(19(17-32)18(4)12-3)22(28(21)14-13-27(20,8)36-28)25(35)30(16-11-2)26(5,6)7/h10-11,18-22,32H,1-2,12-17H2,3-9H3/t18-,19-,20+,21-,22?,27-,28?/m0/s1. The average Bonchev–Trinajstić information content (AvgIpc) is 3.37. The van der Waals surface area contributed by atoms with Crippen molar-refractivity contribution in [2.24, 2.45) is 17.8 Å². The number of carbonyl (C=O) groups is 3. The highest BCUT2D eigenvalue weighted by molar-refractivity contribution is 8.02. The van der Waals surface area contributed by atoms with Gasteiger partial charge in [-0.05, 0) is 46.5 Å². The first kappa shape index (κ1) is 28.8. The molecule has 0 saturated carbocycles. The van der Waals surface area contributed by atoms with Crippen molar-refractivity contribution in [3.8, 4) is 0 Å². The molecule has 2 unspecified atom stereocenters. The van der Waals surface area contributed by atoms with Gasteiger partial charge < -0.3 is 19.8 Å². The van der Waals surface area contributed by atoms with Gasteiger partial charge in [-0.25, -0.2) is 0 Å². The van der Waals surface area contributed by atoms with Gasteiger partial charge in [0.2, 0.25) is 17.7 Å². The van der Waals surface area contributed by atoms with E-state index in [-0.39, 0.29) is 30.2 Å². The van der Waals surface area contributed by atoms with Crippen molar-refractivity contribution in [2.75, 3.05) is 26.7 Å². The lowest BCUT2D eigenvalue weighted by molar-refractivity contribution is -0.150. The van der Waals surface area contributed by atoms with E-state index in [9.17, 15) is 19.5 Å². The zero-order valence-corrected chi connectivity index (χ0v) is 23.9. The van der Waals surface area contributed by atoms with Crippen molar-refractivity contribution >= 4 is 29.5 Å². The van der Waals surface area contributed by atoms with Gasteiger partial charge in [-0.1, -0.05) is 32.4 Å². The number of carbonyl (C=O) groups excluding carboxylic acids is 3. The summed E-state index contributed by atoms with van der Waals surface area (Å²) in [5.41, 5.74) is -0.482. The van der Waals surface area contributed by atoms with Crippen LogP contribution in [0.5, 0.6) is 0 Å². The molecule has 3 heterocycles. The van der Waals surface area contributed by atoms with Crippen LogP contribution in [0.3, 0.4) is 0 Å². The van der Waals surface area contributed by atoms with E-state index in [0.29, 0.717) is 19.5 Å². The van der Waals surface area contributed by atoms with Crippen molar-refractivity contribution in [3.05, 3.63) is 25.3 Å². The second-order valence-electron chi connectivity index (χ2n) is 12.0. The van der Waals surface area contributed by atoms with Gasteiger partial charge >= 0.3 is 0 Å². The second-order valence-corrected chi connectivity index (χ2v) is 13.9. The molecule has 0 aromatic rings. The van der Waals surface area contributed by atoms with Crippen LogP contribution in [0, 0.1) is 17.8 Å². The highest BCUT2D eigenvalue weighted by atomic mass is 32.2. The first-order valence-corrected chi connectivity index (χ1v) is 14.0. The molecule has 0 aliphatic carbocycles. The summed E-state index contributed by atoms with van der Waals surface area (Å²) in [5, 5.41) is 10.5. The van der Waals surface area contributed by atoms with Crippen LogP contribution in [0.25, 0.3) is 0 Å². The van der Waals surface area contributed by atoms with Crippen molar-refractivity contribution in [3.63, 3.8) is 0 Å². The number of aliphatic hydroxyl groups excluding tert-OH is 1. The summed E-state index contributed by atoms with van der Waals surface area (Å²) in [6.07, 6.45) is 5.62. The molecule has 36 heavy (non-hydrogen) atoms. The Kier molecular flexibility index (Phi) is 8.12. The van der Waals surface area contributed by atoms with Crippen LogP contribution in [0.1, 0.15) is 60.8 Å². The molecule has 3 fully saturated rings. The molecular weight excluding hydrogens is 474 g/mol. The van der Waals surface area contributed by atoms with Crippen molar-refractivity contribution in [2.45, 2.75) is 87.9 Å². The molecule has 8 heteroatoms.